The second kappa shape index (κ2) is 6.03. The molecule has 0 radical (unpaired) electrons. The van der Waals surface area contributed by atoms with E-state index in [9.17, 15) is 13.2 Å². The second-order valence-electron chi connectivity index (χ2n) is 5.44. The van der Waals surface area contributed by atoms with Crippen molar-refractivity contribution in [3.8, 4) is 0 Å². The van der Waals surface area contributed by atoms with Crippen LogP contribution in [0.2, 0.25) is 0 Å². The lowest BCUT2D eigenvalue weighted by Crippen LogP contribution is -2.35. The summed E-state index contributed by atoms with van der Waals surface area (Å²) in [6, 6.07) is -1.54. The predicted molar refractivity (Wildman–Crippen MR) is 74.0 cm³/mol. The van der Waals surface area contributed by atoms with E-state index in [0.717, 1.165) is 0 Å². The molecule has 3 N–H and O–H groups in total. The third-order valence-corrected chi connectivity index (χ3v) is 4.21. The molecule has 3 heterocycles. The fourth-order valence-corrected chi connectivity index (χ4v) is 3.23. The summed E-state index contributed by atoms with van der Waals surface area (Å²) in [6.07, 6.45) is 2.29. The molecule has 0 spiro atoms. The number of hydrogen-bond donors (Lipinski definition) is 2. The summed E-state index contributed by atoms with van der Waals surface area (Å²) in [6.45, 7) is 0.773. The van der Waals surface area contributed by atoms with Gasteiger partial charge in [0.2, 0.25) is 11.8 Å². The van der Waals surface area contributed by atoms with Crippen LogP contribution in [0.3, 0.4) is 0 Å². The number of hydroxylamine groups is 2. The Morgan fingerprint density at radius 2 is 2.17 bits per heavy atom. The number of carbonyl (C=O) groups excluding carboxylic acids is 1. The number of aryl methyl sites for hydroxylation is 1. The molecule has 2 bridgehead atoms. The van der Waals surface area contributed by atoms with Crippen LogP contribution in [0.1, 0.15) is 37.1 Å². The van der Waals surface area contributed by atoms with E-state index >= 15 is 0 Å². The zero-order valence-corrected chi connectivity index (χ0v) is 13.0. The van der Waals surface area contributed by atoms with E-state index in [1.54, 1.807) is 0 Å². The zero-order valence-electron chi connectivity index (χ0n) is 12.2. The lowest BCUT2D eigenvalue weighted by Gasteiger charge is -2.27. The molecule has 2 saturated heterocycles. The number of hydrogen-bond acceptors (Lipinski definition) is 8. The fourth-order valence-electron chi connectivity index (χ4n) is 2.84. The number of nitrogens with two attached hydrogens (primary N) is 1. The molecule has 2 atom stereocenters. The van der Waals surface area contributed by atoms with E-state index in [1.165, 1.54) is 4.90 Å². The van der Waals surface area contributed by atoms with Crippen LogP contribution in [0.4, 0.5) is 4.79 Å². The molecule has 11 nitrogen and oxygen atoms in total. The molecular formula is C11H17N5O6S. The maximum absolute atomic E-state index is 12.3. The smallest absolute Gasteiger partial charge is 0.418 e. The minimum absolute atomic E-state index is 0.263. The van der Waals surface area contributed by atoms with Gasteiger partial charge in [-0.25, -0.2) is 4.79 Å². The Kier molecular flexibility index (Phi) is 4.23. The zero-order chi connectivity index (χ0) is 16.6. The summed E-state index contributed by atoms with van der Waals surface area (Å²) in [5.41, 5.74) is 5.43. The van der Waals surface area contributed by atoms with Gasteiger partial charge in [0.25, 0.3) is 0 Å². The topological polar surface area (TPSA) is 152 Å². The fraction of sp³-hybridized carbons (Fsp3) is 0.727. The first kappa shape index (κ1) is 16.1. The molecule has 1 aromatic heterocycles. The number of piperidine rings is 1. The van der Waals surface area contributed by atoms with Crippen molar-refractivity contribution in [2.24, 2.45) is 5.73 Å². The van der Waals surface area contributed by atoms with Crippen LogP contribution >= 0.6 is 0 Å². The highest BCUT2D eigenvalue weighted by atomic mass is 32.3. The number of rotatable bonds is 6. The molecule has 128 valence electrons. The van der Waals surface area contributed by atoms with E-state index in [1.807, 2.05) is 0 Å². The molecule has 0 aromatic carbocycles. The Labute approximate surface area is 132 Å². The molecule has 3 rings (SSSR count). The van der Waals surface area contributed by atoms with Crippen LogP contribution in [0.15, 0.2) is 4.42 Å². The lowest BCUT2D eigenvalue weighted by molar-refractivity contribution is -0.0317. The van der Waals surface area contributed by atoms with Crippen LogP contribution in [-0.2, 0) is 21.1 Å². The Morgan fingerprint density at radius 1 is 1.39 bits per heavy atom. The Morgan fingerprint density at radius 3 is 2.87 bits per heavy atom. The number of urea groups is 1. The van der Waals surface area contributed by atoms with E-state index in [0.29, 0.717) is 49.1 Å². The largest absolute Gasteiger partial charge is 0.423 e. The van der Waals surface area contributed by atoms with Gasteiger partial charge in [-0.2, -0.15) is 13.5 Å². The van der Waals surface area contributed by atoms with Gasteiger partial charge in [-0.1, -0.05) is 0 Å². The first-order valence-corrected chi connectivity index (χ1v) is 8.54. The molecule has 2 aliphatic rings. The first-order chi connectivity index (χ1) is 10.9. The third-order valence-electron chi connectivity index (χ3n) is 3.86. The minimum Gasteiger partial charge on any atom is -0.423 e. The number of nitrogens with zero attached hydrogens (tertiary/aromatic N) is 4. The highest BCUT2D eigenvalue weighted by molar-refractivity contribution is 7.80. The number of aromatic nitrogens is 2. The van der Waals surface area contributed by atoms with Crippen LogP contribution in [0.5, 0.6) is 0 Å². The summed E-state index contributed by atoms with van der Waals surface area (Å²) in [4.78, 5) is 13.7. The van der Waals surface area contributed by atoms with Gasteiger partial charge in [0, 0.05) is 13.0 Å². The highest BCUT2D eigenvalue weighted by Gasteiger charge is 2.49. The van der Waals surface area contributed by atoms with Crippen molar-refractivity contribution >= 4 is 16.4 Å². The van der Waals surface area contributed by atoms with Crippen molar-refractivity contribution in [1.82, 2.24) is 20.2 Å². The molecular weight excluding hydrogens is 330 g/mol. The summed E-state index contributed by atoms with van der Waals surface area (Å²) in [5, 5.41) is 8.57. The van der Waals surface area contributed by atoms with Crippen LogP contribution in [-0.4, -0.2) is 58.3 Å². The van der Waals surface area contributed by atoms with Crippen molar-refractivity contribution in [1.29, 1.82) is 0 Å². The number of fused-ring (bicyclic) bond motifs is 2. The molecule has 2 unspecified atom stereocenters. The SMILES string of the molecule is NCCCc1nnc(C2CCC3CN2C(=O)N3OS(=O)(=O)O)o1. The van der Waals surface area contributed by atoms with Crippen molar-refractivity contribution in [2.45, 2.75) is 37.8 Å². The summed E-state index contributed by atoms with van der Waals surface area (Å²) in [7, 11) is -4.75. The maximum atomic E-state index is 12.3. The van der Waals surface area contributed by atoms with E-state index in [-0.39, 0.29) is 6.54 Å². The van der Waals surface area contributed by atoms with E-state index in [2.05, 4.69) is 14.5 Å². The van der Waals surface area contributed by atoms with Gasteiger partial charge in [-0.3, -0.25) is 4.55 Å². The summed E-state index contributed by atoms with van der Waals surface area (Å²) in [5.74, 6) is 0.753. The number of amides is 2. The van der Waals surface area contributed by atoms with Crippen LogP contribution in [0, 0.1) is 0 Å². The van der Waals surface area contributed by atoms with Crippen molar-refractivity contribution in [2.75, 3.05) is 13.1 Å². The van der Waals surface area contributed by atoms with Crippen molar-refractivity contribution in [3.05, 3.63) is 11.8 Å². The van der Waals surface area contributed by atoms with Gasteiger partial charge in [0.15, 0.2) is 0 Å². The normalized spacial score (nSPS) is 24.5. The summed E-state index contributed by atoms with van der Waals surface area (Å²) < 4.78 is 40.4. The van der Waals surface area contributed by atoms with Gasteiger partial charge in [0.05, 0.1) is 6.04 Å². The molecule has 12 heteroatoms. The Hall–Kier alpha value is -1.76. The average molecular weight is 347 g/mol. The Bertz CT molecular complexity index is 691. The third kappa shape index (κ3) is 3.29. The van der Waals surface area contributed by atoms with Gasteiger partial charge in [-0.05, 0) is 25.8 Å². The van der Waals surface area contributed by atoms with Gasteiger partial charge >= 0.3 is 16.4 Å². The molecule has 2 aliphatic heterocycles. The predicted octanol–water partition coefficient (Wildman–Crippen LogP) is -0.364. The van der Waals surface area contributed by atoms with Crippen molar-refractivity contribution in [3.63, 3.8) is 0 Å². The van der Waals surface area contributed by atoms with Gasteiger partial charge in [-0.15, -0.1) is 14.5 Å². The van der Waals surface area contributed by atoms with Crippen LogP contribution in [0.25, 0.3) is 0 Å². The second-order valence-corrected chi connectivity index (χ2v) is 6.44. The standard InChI is InChI=1S/C11H17N5O6S/c12-5-1-2-9-13-14-10(21-9)8-4-3-7-6-15(8)11(17)16(7)22-23(18,19)20/h7-8H,1-6,12H2,(H,18,19,20). The van der Waals surface area contributed by atoms with Gasteiger partial charge < -0.3 is 15.1 Å². The first-order valence-electron chi connectivity index (χ1n) is 7.18. The minimum atomic E-state index is -4.75. The molecule has 1 aromatic rings. The van der Waals surface area contributed by atoms with Crippen molar-refractivity contribution < 1.29 is 26.5 Å². The summed E-state index contributed by atoms with van der Waals surface area (Å²) >= 11 is 0. The van der Waals surface area contributed by atoms with Gasteiger partial charge in [0.1, 0.15) is 6.04 Å². The van der Waals surface area contributed by atoms with E-state index < -0.39 is 28.5 Å². The van der Waals surface area contributed by atoms with Crippen LogP contribution < -0.4 is 5.73 Å². The number of carbonyl (C=O) groups is 1. The highest BCUT2D eigenvalue weighted by Crippen LogP contribution is 2.38. The molecule has 2 amide bonds. The molecule has 23 heavy (non-hydrogen) atoms. The quantitative estimate of drug-likeness (QED) is 0.657. The maximum Gasteiger partial charge on any atom is 0.418 e. The Balaban J connectivity index is 1.74. The average Bonchev–Trinajstić information content (AvgIpc) is 3.04. The molecule has 2 fully saturated rings. The molecule has 0 aliphatic carbocycles. The lowest BCUT2D eigenvalue weighted by atomic mass is 10.0. The monoisotopic (exact) mass is 347 g/mol. The van der Waals surface area contributed by atoms with E-state index in [4.69, 9.17) is 14.7 Å². The molecule has 0 saturated carbocycles.